The number of aliphatic hydroxyl groups is 1. The zero-order valence-corrected chi connectivity index (χ0v) is 18.1. The summed E-state index contributed by atoms with van der Waals surface area (Å²) in [6.45, 7) is 6.67. The number of nitrogens with one attached hydrogen (secondary N) is 1. The Balaban J connectivity index is 0. The second kappa shape index (κ2) is 22.8. The third-order valence-corrected chi connectivity index (χ3v) is 3.70. The number of unbranched alkanes of at least 4 members (excludes halogenated alkanes) is 4. The van der Waals surface area contributed by atoms with E-state index in [0.717, 1.165) is 38.4 Å². The van der Waals surface area contributed by atoms with Crippen LogP contribution in [0.3, 0.4) is 0 Å². The Kier molecular flexibility index (Phi) is 22.9. The Bertz CT molecular complexity index is 534. The summed E-state index contributed by atoms with van der Waals surface area (Å²) < 4.78 is 0. The van der Waals surface area contributed by atoms with Crippen molar-refractivity contribution in [3.05, 3.63) is 54.1 Å². The number of aliphatic hydroxyl groups excluding tert-OH is 1. The van der Waals surface area contributed by atoms with E-state index in [1.54, 1.807) is 13.0 Å². The van der Waals surface area contributed by atoms with Crippen molar-refractivity contribution >= 4 is 17.8 Å². The minimum atomic E-state index is -0.0681. The van der Waals surface area contributed by atoms with Gasteiger partial charge in [-0.25, -0.2) is 0 Å². The summed E-state index contributed by atoms with van der Waals surface area (Å²) in [5.74, 6) is 0.184. The summed E-state index contributed by atoms with van der Waals surface area (Å²) in [6, 6.07) is 9.95. The van der Waals surface area contributed by atoms with E-state index in [-0.39, 0.29) is 11.7 Å². The van der Waals surface area contributed by atoms with Crippen molar-refractivity contribution in [2.45, 2.75) is 65.7 Å². The van der Waals surface area contributed by atoms with Gasteiger partial charge in [0.1, 0.15) is 5.78 Å². The molecule has 0 bridgehead atoms. The van der Waals surface area contributed by atoms with E-state index in [1.165, 1.54) is 18.9 Å². The third-order valence-electron chi connectivity index (χ3n) is 3.70. The van der Waals surface area contributed by atoms with Gasteiger partial charge in [0.2, 0.25) is 5.91 Å². The van der Waals surface area contributed by atoms with Crippen LogP contribution in [0, 0.1) is 0 Å². The largest absolute Gasteiger partial charge is 0.400 e. The van der Waals surface area contributed by atoms with Gasteiger partial charge in [-0.1, -0.05) is 88.1 Å². The lowest BCUT2D eigenvalue weighted by Gasteiger charge is -2.01. The fourth-order valence-electron chi connectivity index (χ4n) is 2.00. The quantitative estimate of drug-likeness (QED) is 0.305. The van der Waals surface area contributed by atoms with Gasteiger partial charge < -0.3 is 15.2 Å². The van der Waals surface area contributed by atoms with Crippen LogP contribution in [0.5, 0.6) is 0 Å². The molecule has 0 saturated carbocycles. The highest BCUT2D eigenvalue weighted by atomic mass is 16.2. The number of rotatable bonds is 11. The third kappa shape index (κ3) is 21.8. The minimum Gasteiger partial charge on any atom is -0.400 e. The molecule has 1 aromatic carbocycles. The molecule has 0 spiro atoms. The zero-order chi connectivity index (χ0) is 21.5. The summed E-state index contributed by atoms with van der Waals surface area (Å²) in [4.78, 5) is 22.3. The molecule has 158 valence electrons. The molecule has 0 aliphatic rings. The predicted molar refractivity (Wildman–Crippen MR) is 120 cm³/mol. The summed E-state index contributed by atoms with van der Waals surface area (Å²) in [5, 5.41) is 9.85. The van der Waals surface area contributed by atoms with Crippen LogP contribution in [0.2, 0.25) is 0 Å². The van der Waals surface area contributed by atoms with E-state index in [0.29, 0.717) is 13.0 Å². The number of Topliss-reactive ketones (excluding diaryl/α,β-unsaturated/α-hetero) is 1. The number of amides is 1. The molecule has 1 amide bonds. The molecule has 28 heavy (non-hydrogen) atoms. The van der Waals surface area contributed by atoms with Crippen LogP contribution in [0.15, 0.2) is 48.6 Å². The fourth-order valence-corrected chi connectivity index (χ4v) is 2.00. The summed E-state index contributed by atoms with van der Waals surface area (Å²) in [5.41, 5.74) is 1.11. The smallest absolute Gasteiger partial charge is 0.243 e. The minimum absolute atomic E-state index is 0.0681. The lowest BCUT2D eigenvalue weighted by atomic mass is 10.1. The van der Waals surface area contributed by atoms with Crippen molar-refractivity contribution in [2.24, 2.45) is 0 Å². The summed E-state index contributed by atoms with van der Waals surface area (Å²) in [6.07, 6.45) is 14.4. The van der Waals surface area contributed by atoms with E-state index < -0.39 is 0 Å². The van der Waals surface area contributed by atoms with Gasteiger partial charge in [0.25, 0.3) is 0 Å². The molecule has 0 saturated heterocycles. The van der Waals surface area contributed by atoms with Gasteiger partial charge in [-0.15, -0.1) is 0 Å². The Hall–Kier alpha value is -2.20. The fraction of sp³-hybridized carbons (Fsp3) is 0.500. The van der Waals surface area contributed by atoms with Crippen LogP contribution in [0.4, 0.5) is 0 Å². The normalized spacial score (nSPS) is 10.0. The van der Waals surface area contributed by atoms with Gasteiger partial charge >= 0.3 is 0 Å². The van der Waals surface area contributed by atoms with Crippen molar-refractivity contribution in [2.75, 3.05) is 13.7 Å². The van der Waals surface area contributed by atoms with Crippen LogP contribution in [0.1, 0.15) is 71.3 Å². The molecular weight excluding hydrogens is 350 g/mol. The van der Waals surface area contributed by atoms with Crippen molar-refractivity contribution in [1.82, 2.24) is 5.32 Å². The first-order valence-corrected chi connectivity index (χ1v) is 10.2. The molecule has 1 rings (SSSR count). The van der Waals surface area contributed by atoms with Crippen LogP contribution >= 0.6 is 0 Å². The predicted octanol–water partition coefficient (Wildman–Crippen LogP) is 5.33. The van der Waals surface area contributed by atoms with E-state index >= 15 is 0 Å². The van der Waals surface area contributed by atoms with E-state index in [1.807, 2.05) is 42.5 Å². The van der Waals surface area contributed by atoms with Gasteiger partial charge in [0.05, 0.1) is 0 Å². The van der Waals surface area contributed by atoms with E-state index in [4.69, 9.17) is 5.11 Å². The molecule has 2 N–H and O–H groups in total. The number of hydrogen-bond donors (Lipinski definition) is 2. The Morgan fingerprint density at radius 1 is 0.929 bits per heavy atom. The topological polar surface area (TPSA) is 66.4 Å². The first kappa shape index (κ1) is 28.0. The highest BCUT2D eigenvalue weighted by Crippen LogP contribution is 2.03. The molecule has 0 heterocycles. The number of hydrogen-bond acceptors (Lipinski definition) is 3. The average Bonchev–Trinajstić information content (AvgIpc) is 2.72. The van der Waals surface area contributed by atoms with E-state index in [2.05, 4.69) is 19.2 Å². The van der Waals surface area contributed by atoms with Crippen molar-refractivity contribution in [1.29, 1.82) is 0 Å². The van der Waals surface area contributed by atoms with E-state index in [9.17, 15) is 9.59 Å². The monoisotopic (exact) mass is 389 g/mol. The van der Waals surface area contributed by atoms with Crippen molar-refractivity contribution in [3.8, 4) is 0 Å². The molecule has 0 aliphatic carbocycles. The van der Waals surface area contributed by atoms with Gasteiger partial charge in [-0.05, 0) is 25.3 Å². The first-order valence-electron chi connectivity index (χ1n) is 10.2. The molecule has 0 aromatic heterocycles. The molecular formula is C24H39NO3. The van der Waals surface area contributed by atoms with Gasteiger partial charge in [-0.2, -0.15) is 0 Å². The maximum atomic E-state index is 11.6. The lowest BCUT2D eigenvalue weighted by Crippen LogP contribution is -2.21. The second-order valence-electron chi connectivity index (χ2n) is 6.29. The second-order valence-corrected chi connectivity index (χ2v) is 6.29. The number of carbonyl (C=O) groups excluding carboxylic acids is 2. The molecule has 1 aromatic rings. The summed E-state index contributed by atoms with van der Waals surface area (Å²) >= 11 is 0. The van der Waals surface area contributed by atoms with Crippen LogP contribution in [-0.4, -0.2) is 30.5 Å². The van der Waals surface area contributed by atoms with Crippen molar-refractivity contribution in [3.63, 3.8) is 0 Å². The zero-order valence-electron chi connectivity index (χ0n) is 18.1. The molecule has 0 unspecified atom stereocenters. The van der Waals surface area contributed by atoms with Gasteiger partial charge in [0.15, 0.2) is 0 Å². The number of ketones is 1. The van der Waals surface area contributed by atoms with Gasteiger partial charge in [-0.3, -0.25) is 4.79 Å². The summed E-state index contributed by atoms with van der Waals surface area (Å²) in [7, 11) is 1.00. The van der Waals surface area contributed by atoms with Crippen LogP contribution in [-0.2, 0) is 9.59 Å². The highest BCUT2D eigenvalue weighted by Gasteiger charge is 1.96. The molecule has 0 fully saturated rings. The first-order chi connectivity index (χ1) is 13.6. The number of allylic oxidation sites excluding steroid dienone is 2. The molecule has 4 nitrogen and oxygen atoms in total. The van der Waals surface area contributed by atoms with Crippen LogP contribution < -0.4 is 5.32 Å². The van der Waals surface area contributed by atoms with Crippen molar-refractivity contribution < 1.29 is 14.7 Å². The van der Waals surface area contributed by atoms with Gasteiger partial charge in [0, 0.05) is 26.2 Å². The molecule has 0 aliphatic heterocycles. The number of carbonyl (C=O) groups is 2. The molecule has 0 atom stereocenters. The van der Waals surface area contributed by atoms with Crippen LogP contribution in [0.25, 0.3) is 6.08 Å². The lowest BCUT2D eigenvalue weighted by molar-refractivity contribution is -0.117. The average molecular weight is 390 g/mol. The molecule has 4 heteroatoms. The highest BCUT2D eigenvalue weighted by molar-refractivity contribution is 5.87. The standard InChI is InChI=1S/C19H25NO2.C4H10.CH4O/c1-17(21)11-5-2-3-10-16-20-19(22)15-9-8-14-18-12-6-4-7-13-18;1-3-4-2;1-2/h4,6-9,12-15H,2-3,5,10-11,16H2,1H3,(H,20,22);3-4H2,1-2H3;2H,1H3/b14-8+,15-9+;;. The Labute approximate surface area is 171 Å². The number of benzene rings is 1. The Morgan fingerprint density at radius 2 is 1.54 bits per heavy atom. The molecule has 0 radical (unpaired) electrons. The maximum absolute atomic E-state index is 11.6. The Morgan fingerprint density at radius 3 is 2.11 bits per heavy atom. The SMILES string of the molecule is CC(=O)CCCCCCNC(=O)/C=C/C=C/c1ccccc1.CCCC.CO. The maximum Gasteiger partial charge on any atom is 0.243 e.